The molecule has 36 heavy (non-hydrogen) atoms. The molecule has 3 N–H and O–H groups in total. The number of hydrogen-bond donors (Lipinski definition) is 3. The molecule has 2 saturated heterocycles. The van der Waals surface area contributed by atoms with Crippen LogP contribution in [0.5, 0.6) is 0 Å². The van der Waals surface area contributed by atoms with Crippen LogP contribution < -0.4 is 15.4 Å². The van der Waals surface area contributed by atoms with Crippen molar-refractivity contribution < 1.29 is 27.6 Å². The van der Waals surface area contributed by atoms with E-state index in [9.17, 15) is 27.6 Å². The van der Waals surface area contributed by atoms with Gasteiger partial charge in [-0.3, -0.25) is 29.4 Å². The quantitative estimate of drug-likeness (QED) is 0.264. The van der Waals surface area contributed by atoms with Gasteiger partial charge in [0.2, 0.25) is 21.8 Å². The highest BCUT2D eigenvalue weighted by Crippen LogP contribution is 2.30. The van der Waals surface area contributed by atoms with Crippen LogP contribution in [0.3, 0.4) is 0 Å². The van der Waals surface area contributed by atoms with Crippen LogP contribution in [0.15, 0.2) is 18.2 Å². The summed E-state index contributed by atoms with van der Waals surface area (Å²) in [5.74, 6) is -1.92. The van der Waals surface area contributed by atoms with Crippen LogP contribution in [-0.4, -0.2) is 67.9 Å². The van der Waals surface area contributed by atoms with Gasteiger partial charge in [0.25, 0.3) is 11.8 Å². The van der Waals surface area contributed by atoms with Gasteiger partial charge in [0.05, 0.1) is 11.1 Å². The van der Waals surface area contributed by atoms with Crippen LogP contribution in [0, 0.1) is 0 Å². The lowest BCUT2D eigenvalue weighted by Crippen LogP contribution is -2.55. The second kappa shape index (κ2) is 11.6. The predicted octanol–water partition coefficient (Wildman–Crippen LogP) is 1.25. The Morgan fingerprint density at radius 2 is 1.61 bits per heavy atom. The van der Waals surface area contributed by atoms with E-state index in [1.54, 1.807) is 12.1 Å². The normalized spacial score (nSPS) is 20.4. The molecule has 3 aliphatic heterocycles. The number of sulfonamides is 1. The molecule has 2 fully saturated rings. The number of imide groups is 2. The Morgan fingerprint density at radius 3 is 2.28 bits per heavy atom. The van der Waals surface area contributed by atoms with Crippen molar-refractivity contribution in [3.63, 3.8) is 0 Å². The van der Waals surface area contributed by atoms with Crippen LogP contribution in [0.25, 0.3) is 0 Å². The Hall–Kier alpha value is -2.63. The molecule has 196 valence electrons. The lowest BCUT2D eigenvalue weighted by molar-refractivity contribution is -0.136. The molecule has 3 aliphatic rings. The van der Waals surface area contributed by atoms with Gasteiger partial charge in [0.1, 0.15) is 11.3 Å². The Kier molecular flexibility index (Phi) is 8.53. The first-order valence-electron chi connectivity index (χ1n) is 12.8. The van der Waals surface area contributed by atoms with Crippen molar-refractivity contribution in [2.24, 2.45) is 0 Å². The van der Waals surface area contributed by atoms with Gasteiger partial charge in [0, 0.05) is 26.1 Å². The van der Waals surface area contributed by atoms with Crippen molar-refractivity contribution >= 4 is 33.7 Å². The number of unbranched alkanes of at least 4 members (excludes halogenated alkanes) is 6. The topological polar surface area (TPSA) is 142 Å². The minimum absolute atomic E-state index is 0.102. The average molecular weight is 519 g/mol. The zero-order chi connectivity index (χ0) is 25.7. The fourth-order valence-corrected chi connectivity index (χ4v) is 6.27. The SMILES string of the molecule is O=C1CCC(N2C(=O)c3cccc(CCCCCCCCCNS(=O)(=O)C4CNC4)c3C2=O)C(=O)N1. The lowest BCUT2D eigenvalue weighted by Gasteiger charge is -2.27. The number of carbonyl (C=O) groups is 4. The molecule has 4 rings (SSSR count). The molecule has 0 radical (unpaired) electrons. The number of fused-ring (bicyclic) bond motifs is 1. The third-order valence-electron chi connectivity index (χ3n) is 7.16. The highest BCUT2D eigenvalue weighted by molar-refractivity contribution is 7.90. The van der Waals surface area contributed by atoms with Crippen molar-refractivity contribution in [3.05, 3.63) is 34.9 Å². The molecule has 1 aromatic carbocycles. The third kappa shape index (κ3) is 5.84. The molecule has 0 bridgehead atoms. The van der Waals surface area contributed by atoms with E-state index in [1.165, 1.54) is 0 Å². The van der Waals surface area contributed by atoms with Crippen molar-refractivity contribution in [2.45, 2.75) is 75.5 Å². The summed E-state index contributed by atoms with van der Waals surface area (Å²) in [7, 11) is -3.18. The summed E-state index contributed by atoms with van der Waals surface area (Å²) in [4.78, 5) is 50.8. The number of rotatable bonds is 13. The molecule has 0 saturated carbocycles. The van der Waals surface area contributed by atoms with Crippen molar-refractivity contribution in [1.29, 1.82) is 0 Å². The zero-order valence-corrected chi connectivity index (χ0v) is 21.2. The monoisotopic (exact) mass is 518 g/mol. The van der Waals surface area contributed by atoms with Crippen LogP contribution in [0.1, 0.15) is 84.1 Å². The Labute approximate surface area is 211 Å². The average Bonchev–Trinajstić information content (AvgIpc) is 3.04. The van der Waals surface area contributed by atoms with E-state index in [4.69, 9.17) is 0 Å². The summed E-state index contributed by atoms with van der Waals surface area (Å²) in [5.41, 5.74) is 1.52. The van der Waals surface area contributed by atoms with Gasteiger partial charge in [0.15, 0.2) is 0 Å². The van der Waals surface area contributed by atoms with Crippen LogP contribution in [-0.2, 0) is 26.0 Å². The molecule has 10 nitrogen and oxygen atoms in total. The number of hydrogen-bond acceptors (Lipinski definition) is 7. The van der Waals surface area contributed by atoms with Crippen molar-refractivity contribution in [2.75, 3.05) is 19.6 Å². The summed E-state index contributed by atoms with van der Waals surface area (Å²) < 4.78 is 26.6. The molecular formula is C25H34N4O6S. The van der Waals surface area contributed by atoms with E-state index >= 15 is 0 Å². The van der Waals surface area contributed by atoms with E-state index in [1.807, 2.05) is 6.07 Å². The Balaban J connectivity index is 1.17. The predicted molar refractivity (Wildman–Crippen MR) is 133 cm³/mol. The number of amides is 4. The molecule has 0 aliphatic carbocycles. The zero-order valence-electron chi connectivity index (χ0n) is 20.4. The summed E-state index contributed by atoms with van der Waals surface area (Å²) in [5, 5.41) is 4.89. The molecule has 4 amide bonds. The second-order valence-corrected chi connectivity index (χ2v) is 11.8. The van der Waals surface area contributed by atoms with Crippen LogP contribution >= 0.6 is 0 Å². The third-order valence-corrected chi connectivity index (χ3v) is 8.98. The van der Waals surface area contributed by atoms with Gasteiger partial charge in [-0.2, -0.15) is 0 Å². The number of piperidine rings is 1. The summed E-state index contributed by atoms with van der Waals surface area (Å²) in [6.07, 6.45) is 7.75. The molecular weight excluding hydrogens is 484 g/mol. The molecule has 11 heteroatoms. The largest absolute Gasteiger partial charge is 0.314 e. The molecule has 0 spiro atoms. The minimum Gasteiger partial charge on any atom is -0.314 e. The molecule has 1 aromatic rings. The number of carbonyl (C=O) groups excluding carboxylic acids is 4. The van der Waals surface area contributed by atoms with Gasteiger partial charge < -0.3 is 5.32 Å². The Morgan fingerprint density at radius 1 is 0.917 bits per heavy atom. The fraction of sp³-hybridized carbons (Fsp3) is 0.600. The van der Waals surface area contributed by atoms with E-state index in [2.05, 4.69) is 15.4 Å². The van der Waals surface area contributed by atoms with Gasteiger partial charge in [-0.15, -0.1) is 0 Å². The summed E-state index contributed by atoms with van der Waals surface area (Å²) in [6.45, 7) is 1.55. The number of nitrogens with zero attached hydrogens (tertiary/aromatic N) is 1. The highest BCUT2D eigenvalue weighted by Gasteiger charge is 2.45. The van der Waals surface area contributed by atoms with Crippen LogP contribution in [0.4, 0.5) is 0 Å². The van der Waals surface area contributed by atoms with Crippen molar-refractivity contribution in [1.82, 2.24) is 20.3 Å². The molecule has 1 atom stereocenters. The first-order valence-corrected chi connectivity index (χ1v) is 14.4. The maximum absolute atomic E-state index is 13.1. The molecule has 3 heterocycles. The van der Waals surface area contributed by atoms with Gasteiger partial charge >= 0.3 is 0 Å². The maximum Gasteiger partial charge on any atom is 0.262 e. The lowest BCUT2D eigenvalue weighted by atomic mass is 9.97. The van der Waals surface area contributed by atoms with E-state index in [0.29, 0.717) is 37.2 Å². The second-order valence-electron chi connectivity index (χ2n) is 9.73. The van der Waals surface area contributed by atoms with E-state index in [-0.39, 0.29) is 24.0 Å². The summed E-state index contributed by atoms with van der Waals surface area (Å²) in [6, 6.07) is 4.30. The minimum atomic E-state index is -3.18. The fourth-order valence-electron chi connectivity index (χ4n) is 4.93. The maximum atomic E-state index is 13.1. The first-order chi connectivity index (χ1) is 17.3. The van der Waals surface area contributed by atoms with Gasteiger partial charge in [-0.25, -0.2) is 13.1 Å². The smallest absolute Gasteiger partial charge is 0.262 e. The van der Waals surface area contributed by atoms with E-state index < -0.39 is 33.8 Å². The first kappa shape index (κ1) is 26.4. The standard InChI is InChI=1S/C25H34N4O6S/c30-21-13-12-20(23(31)28-21)29-24(32)19-11-8-10-17(22(19)25(29)33)9-6-4-2-1-3-5-7-14-27-36(34,35)18-15-26-16-18/h8,10-11,18,20,26-27H,1-7,9,12-16H2,(H,28,30,31). The van der Waals surface area contributed by atoms with Gasteiger partial charge in [-0.05, 0) is 37.3 Å². The number of nitrogens with one attached hydrogen (secondary N) is 3. The number of aryl methyl sites for hydroxylation is 1. The highest BCUT2D eigenvalue weighted by atomic mass is 32.2. The van der Waals surface area contributed by atoms with Gasteiger partial charge in [-0.1, -0.05) is 44.2 Å². The number of benzene rings is 1. The van der Waals surface area contributed by atoms with E-state index in [0.717, 1.165) is 55.4 Å². The van der Waals surface area contributed by atoms with Crippen LogP contribution in [0.2, 0.25) is 0 Å². The van der Waals surface area contributed by atoms with Crippen molar-refractivity contribution in [3.8, 4) is 0 Å². The molecule has 1 unspecified atom stereocenters. The molecule has 0 aromatic heterocycles. The summed E-state index contributed by atoms with van der Waals surface area (Å²) >= 11 is 0. The Bertz CT molecular complexity index is 1130.